The molecule has 3 fully saturated rings. The first-order valence-electron chi connectivity index (χ1n) is 9.31. The van der Waals surface area contributed by atoms with Crippen LogP contribution in [-0.2, 0) is 10.2 Å². The molecule has 7 nitrogen and oxygen atoms in total. The van der Waals surface area contributed by atoms with Crippen LogP contribution in [0.25, 0.3) is 0 Å². The van der Waals surface area contributed by atoms with Crippen molar-refractivity contribution in [2.75, 3.05) is 26.2 Å². The van der Waals surface area contributed by atoms with Gasteiger partial charge in [-0.3, -0.25) is 0 Å². The second kappa shape index (κ2) is 6.72. The van der Waals surface area contributed by atoms with Crippen LogP contribution in [0.15, 0.2) is 6.20 Å². The third-order valence-electron chi connectivity index (χ3n) is 5.82. The Bertz CT molecular complexity index is 654. The van der Waals surface area contributed by atoms with Crippen LogP contribution < -0.4 is 0 Å². The molecule has 2 saturated heterocycles. The van der Waals surface area contributed by atoms with Crippen molar-refractivity contribution < 1.29 is 8.42 Å². The SMILES string of the molecule is O=S(=O)(N1CCCC1)N1CCC(n2cc(C3CCCC3)nn2)CC1. The maximum atomic E-state index is 12.6. The highest BCUT2D eigenvalue weighted by Gasteiger charge is 2.35. The molecule has 0 unspecified atom stereocenters. The highest BCUT2D eigenvalue weighted by molar-refractivity contribution is 7.86. The minimum atomic E-state index is -3.25. The average molecular weight is 353 g/mol. The summed E-state index contributed by atoms with van der Waals surface area (Å²) in [5.41, 5.74) is 1.12. The molecule has 2 aliphatic heterocycles. The maximum Gasteiger partial charge on any atom is 0.281 e. The highest BCUT2D eigenvalue weighted by Crippen LogP contribution is 2.33. The van der Waals surface area contributed by atoms with E-state index >= 15 is 0 Å². The number of nitrogens with zero attached hydrogens (tertiary/aromatic N) is 5. The van der Waals surface area contributed by atoms with Gasteiger partial charge in [0.05, 0.1) is 11.7 Å². The van der Waals surface area contributed by atoms with Crippen LogP contribution in [0.2, 0.25) is 0 Å². The van der Waals surface area contributed by atoms with Gasteiger partial charge in [-0.05, 0) is 38.5 Å². The van der Waals surface area contributed by atoms with E-state index in [0.29, 0.717) is 32.1 Å². The summed E-state index contributed by atoms with van der Waals surface area (Å²) in [5, 5.41) is 8.71. The zero-order valence-electron chi connectivity index (χ0n) is 14.2. The van der Waals surface area contributed by atoms with Crippen LogP contribution in [0.4, 0.5) is 0 Å². The Hall–Kier alpha value is -0.990. The van der Waals surface area contributed by atoms with Crippen LogP contribution in [0.1, 0.15) is 69.0 Å². The van der Waals surface area contributed by atoms with Crippen molar-refractivity contribution >= 4 is 10.2 Å². The highest BCUT2D eigenvalue weighted by atomic mass is 32.2. The van der Waals surface area contributed by atoms with Crippen molar-refractivity contribution in [2.24, 2.45) is 0 Å². The third kappa shape index (κ3) is 3.11. The topological polar surface area (TPSA) is 71.3 Å². The summed E-state index contributed by atoms with van der Waals surface area (Å²) >= 11 is 0. The van der Waals surface area contributed by atoms with Gasteiger partial charge in [0.2, 0.25) is 0 Å². The van der Waals surface area contributed by atoms with E-state index in [-0.39, 0.29) is 6.04 Å². The number of hydrogen-bond acceptors (Lipinski definition) is 4. The molecule has 1 aliphatic carbocycles. The Morgan fingerprint density at radius 3 is 2.17 bits per heavy atom. The van der Waals surface area contributed by atoms with E-state index in [1.807, 2.05) is 4.68 Å². The smallest absolute Gasteiger partial charge is 0.249 e. The molecule has 3 aliphatic rings. The number of rotatable bonds is 4. The molecule has 0 aromatic carbocycles. The predicted molar refractivity (Wildman–Crippen MR) is 90.8 cm³/mol. The van der Waals surface area contributed by atoms with E-state index < -0.39 is 10.2 Å². The monoisotopic (exact) mass is 353 g/mol. The number of piperidine rings is 1. The normalized spacial score (nSPS) is 25.7. The van der Waals surface area contributed by atoms with Crippen LogP contribution in [0.3, 0.4) is 0 Å². The summed E-state index contributed by atoms with van der Waals surface area (Å²) in [6, 6.07) is 0.276. The summed E-state index contributed by atoms with van der Waals surface area (Å²) < 4.78 is 30.5. The molecule has 1 aromatic heterocycles. The van der Waals surface area contributed by atoms with Crippen LogP contribution >= 0.6 is 0 Å². The maximum absolute atomic E-state index is 12.6. The van der Waals surface area contributed by atoms with Crippen molar-refractivity contribution in [1.29, 1.82) is 0 Å². The fraction of sp³-hybridized carbons (Fsp3) is 0.875. The van der Waals surface area contributed by atoms with Gasteiger partial charge in [0, 0.05) is 38.3 Å². The molecule has 134 valence electrons. The standard InChI is InChI=1S/C16H27N5O2S/c22-24(23,19-9-3-4-10-19)20-11-7-15(8-12-20)21-13-16(17-18-21)14-5-1-2-6-14/h13-15H,1-12H2. The van der Waals surface area contributed by atoms with E-state index in [4.69, 9.17) is 0 Å². The molecule has 0 bridgehead atoms. The van der Waals surface area contributed by atoms with Gasteiger partial charge in [0.15, 0.2) is 0 Å². The van der Waals surface area contributed by atoms with Crippen molar-refractivity contribution in [3.05, 3.63) is 11.9 Å². The van der Waals surface area contributed by atoms with E-state index in [2.05, 4.69) is 16.5 Å². The Morgan fingerprint density at radius 2 is 1.50 bits per heavy atom. The van der Waals surface area contributed by atoms with Crippen LogP contribution in [-0.4, -0.2) is 58.2 Å². The van der Waals surface area contributed by atoms with E-state index in [0.717, 1.165) is 31.4 Å². The Balaban J connectivity index is 1.37. The molecular formula is C16H27N5O2S. The molecule has 3 heterocycles. The zero-order valence-corrected chi connectivity index (χ0v) is 15.0. The molecular weight excluding hydrogens is 326 g/mol. The van der Waals surface area contributed by atoms with Crippen molar-refractivity contribution in [3.63, 3.8) is 0 Å². The molecule has 24 heavy (non-hydrogen) atoms. The number of aromatic nitrogens is 3. The lowest BCUT2D eigenvalue weighted by molar-refractivity contribution is 0.246. The van der Waals surface area contributed by atoms with Crippen LogP contribution in [0, 0.1) is 0 Å². The Labute approximate surface area is 144 Å². The lowest BCUT2D eigenvalue weighted by Gasteiger charge is -2.33. The largest absolute Gasteiger partial charge is 0.281 e. The lowest BCUT2D eigenvalue weighted by Crippen LogP contribution is -2.46. The average Bonchev–Trinajstić information content (AvgIpc) is 3.36. The molecule has 1 saturated carbocycles. The van der Waals surface area contributed by atoms with Gasteiger partial charge in [0.1, 0.15) is 0 Å². The summed E-state index contributed by atoms with van der Waals surface area (Å²) in [5.74, 6) is 0.578. The summed E-state index contributed by atoms with van der Waals surface area (Å²) in [6.07, 6.45) is 10.8. The summed E-state index contributed by atoms with van der Waals surface area (Å²) in [7, 11) is -3.25. The van der Waals surface area contributed by atoms with Gasteiger partial charge in [-0.25, -0.2) is 4.68 Å². The summed E-state index contributed by atoms with van der Waals surface area (Å²) in [4.78, 5) is 0. The fourth-order valence-corrected chi connectivity index (χ4v) is 6.02. The van der Waals surface area contributed by atoms with E-state index in [1.165, 1.54) is 25.7 Å². The van der Waals surface area contributed by atoms with Gasteiger partial charge in [0.25, 0.3) is 10.2 Å². The zero-order chi connectivity index (χ0) is 16.6. The Kier molecular flexibility index (Phi) is 4.62. The van der Waals surface area contributed by atoms with E-state index in [9.17, 15) is 8.42 Å². The second-order valence-corrected chi connectivity index (χ2v) is 9.28. The molecule has 0 atom stereocenters. The predicted octanol–water partition coefficient (Wildman–Crippen LogP) is 1.91. The fourth-order valence-electron chi connectivity index (χ4n) is 4.30. The van der Waals surface area contributed by atoms with Crippen molar-refractivity contribution in [3.8, 4) is 0 Å². The molecule has 0 radical (unpaired) electrons. The van der Waals surface area contributed by atoms with Gasteiger partial charge in [-0.1, -0.05) is 18.1 Å². The quantitative estimate of drug-likeness (QED) is 0.829. The molecule has 4 rings (SSSR count). The lowest BCUT2D eigenvalue weighted by atomic mass is 10.0. The van der Waals surface area contributed by atoms with Gasteiger partial charge < -0.3 is 0 Å². The number of hydrogen-bond donors (Lipinski definition) is 0. The van der Waals surface area contributed by atoms with Gasteiger partial charge in [-0.2, -0.15) is 17.0 Å². The second-order valence-electron chi connectivity index (χ2n) is 7.35. The molecule has 0 spiro atoms. The summed E-state index contributed by atoms with van der Waals surface area (Å²) in [6.45, 7) is 2.52. The first-order valence-corrected chi connectivity index (χ1v) is 10.7. The van der Waals surface area contributed by atoms with Crippen molar-refractivity contribution in [1.82, 2.24) is 23.6 Å². The first kappa shape index (κ1) is 16.5. The molecule has 0 N–H and O–H groups in total. The molecule has 1 aromatic rings. The minimum Gasteiger partial charge on any atom is -0.249 e. The van der Waals surface area contributed by atoms with Gasteiger partial charge >= 0.3 is 0 Å². The third-order valence-corrected chi connectivity index (χ3v) is 7.85. The van der Waals surface area contributed by atoms with Crippen LogP contribution in [0.5, 0.6) is 0 Å². The molecule has 0 amide bonds. The van der Waals surface area contributed by atoms with Gasteiger partial charge in [-0.15, -0.1) is 5.10 Å². The van der Waals surface area contributed by atoms with E-state index in [1.54, 1.807) is 8.61 Å². The molecule has 8 heteroatoms. The van der Waals surface area contributed by atoms with Crippen molar-refractivity contribution in [2.45, 2.75) is 63.3 Å². The first-order chi connectivity index (χ1) is 11.6. The Morgan fingerprint density at radius 1 is 0.875 bits per heavy atom. The minimum absolute atomic E-state index is 0.276.